The molecule has 1 aromatic carbocycles. The van der Waals surface area contributed by atoms with Gasteiger partial charge in [0.25, 0.3) is 5.56 Å². The Hall–Kier alpha value is -2.47. The minimum absolute atomic E-state index is 0.00364. The number of hydrogen-bond acceptors (Lipinski definition) is 4. The summed E-state index contributed by atoms with van der Waals surface area (Å²) in [6, 6.07) is 8.19. The molecule has 0 radical (unpaired) electrons. The van der Waals surface area contributed by atoms with Crippen molar-refractivity contribution >= 4 is 27.5 Å². The molecular formula is C19H19N3O2S. The molecule has 0 spiro atoms. The molecule has 4 rings (SSSR count). The highest BCUT2D eigenvalue weighted by Gasteiger charge is 2.19. The van der Waals surface area contributed by atoms with Crippen LogP contribution in [0.5, 0.6) is 0 Å². The molecule has 3 heterocycles. The molecule has 0 N–H and O–H groups in total. The second-order valence-corrected chi connectivity index (χ2v) is 7.34. The predicted octanol–water partition coefficient (Wildman–Crippen LogP) is 3.06. The van der Waals surface area contributed by atoms with Crippen LogP contribution in [0.25, 0.3) is 21.3 Å². The predicted molar refractivity (Wildman–Crippen MR) is 99.9 cm³/mol. The van der Waals surface area contributed by atoms with E-state index in [-0.39, 0.29) is 18.0 Å². The first-order chi connectivity index (χ1) is 12.1. The van der Waals surface area contributed by atoms with Crippen molar-refractivity contribution in [2.24, 2.45) is 0 Å². The summed E-state index contributed by atoms with van der Waals surface area (Å²) in [6.07, 6.45) is 3.59. The number of likely N-dealkylation sites (tertiary alicyclic amines) is 1. The molecule has 1 aliphatic rings. The lowest BCUT2D eigenvalue weighted by molar-refractivity contribution is -0.130. The van der Waals surface area contributed by atoms with Crippen LogP contribution in [0.15, 0.2) is 40.8 Å². The van der Waals surface area contributed by atoms with Crippen molar-refractivity contribution in [2.45, 2.75) is 26.3 Å². The van der Waals surface area contributed by atoms with Crippen molar-refractivity contribution in [1.29, 1.82) is 0 Å². The van der Waals surface area contributed by atoms with E-state index >= 15 is 0 Å². The van der Waals surface area contributed by atoms with Crippen LogP contribution in [0.1, 0.15) is 18.4 Å². The maximum atomic E-state index is 12.7. The Labute approximate surface area is 149 Å². The highest BCUT2D eigenvalue weighted by Crippen LogP contribution is 2.30. The average Bonchev–Trinajstić information content (AvgIpc) is 3.28. The van der Waals surface area contributed by atoms with Crippen LogP contribution >= 0.6 is 11.3 Å². The molecule has 25 heavy (non-hydrogen) atoms. The topological polar surface area (TPSA) is 55.2 Å². The zero-order chi connectivity index (χ0) is 17.4. The summed E-state index contributed by atoms with van der Waals surface area (Å²) >= 11 is 1.39. The fraction of sp³-hybridized carbons (Fsp3) is 0.316. The molecule has 1 fully saturated rings. The molecule has 5 nitrogen and oxygen atoms in total. The second-order valence-electron chi connectivity index (χ2n) is 6.46. The molecule has 2 aromatic heterocycles. The van der Waals surface area contributed by atoms with Gasteiger partial charge in [-0.2, -0.15) is 0 Å². The van der Waals surface area contributed by atoms with Crippen molar-refractivity contribution in [3.8, 4) is 11.1 Å². The molecule has 0 saturated carbocycles. The van der Waals surface area contributed by atoms with E-state index in [1.807, 2.05) is 29.3 Å². The molecule has 0 bridgehead atoms. The Morgan fingerprint density at radius 2 is 1.92 bits per heavy atom. The number of hydrogen-bond donors (Lipinski definition) is 0. The normalized spacial score (nSPS) is 14.4. The summed E-state index contributed by atoms with van der Waals surface area (Å²) in [5.74, 6) is -0.00364. The summed E-state index contributed by atoms with van der Waals surface area (Å²) in [4.78, 5) is 31.3. The van der Waals surface area contributed by atoms with Crippen LogP contribution in [0.2, 0.25) is 0 Å². The van der Waals surface area contributed by atoms with Gasteiger partial charge in [0.05, 0.1) is 11.8 Å². The lowest BCUT2D eigenvalue weighted by Crippen LogP contribution is -2.34. The summed E-state index contributed by atoms with van der Waals surface area (Å²) in [6.45, 7) is 3.70. The molecule has 1 aliphatic heterocycles. The SMILES string of the molecule is Cc1ccc(-c2csc3c(=O)n(CC(=O)N4CCCC4)cnc23)cc1. The van der Waals surface area contributed by atoms with Crippen LogP contribution in [0.3, 0.4) is 0 Å². The maximum absolute atomic E-state index is 12.7. The third-order valence-electron chi connectivity index (χ3n) is 4.67. The number of carbonyl (C=O) groups excluding carboxylic acids is 1. The van der Waals surface area contributed by atoms with Crippen molar-refractivity contribution in [2.75, 3.05) is 13.1 Å². The number of aromatic nitrogens is 2. The highest BCUT2D eigenvalue weighted by atomic mass is 32.1. The lowest BCUT2D eigenvalue weighted by Gasteiger charge is -2.15. The molecule has 0 atom stereocenters. The Kier molecular flexibility index (Phi) is 4.13. The number of fused-ring (bicyclic) bond motifs is 1. The zero-order valence-electron chi connectivity index (χ0n) is 14.1. The van der Waals surface area contributed by atoms with Gasteiger partial charge in [0.15, 0.2) is 0 Å². The van der Waals surface area contributed by atoms with Crippen LogP contribution < -0.4 is 5.56 Å². The fourth-order valence-corrected chi connectivity index (χ4v) is 4.18. The summed E-state index contributed by atoms with van der Waals surface area (Å²) < 4.78 is 2.03. The van der Waals surface area contributed by atoms with Gasteiger partial charge < -0.3 is 4.90 Å². The van der Waals surface area contributed by atoms with Crippen molar-refractivity contribution in [3.63, 3.8) is 0 Å². The first-order valence-corrected chi connectivity index (χ1v) is 9.33. The standard InChI is InChI=1S/C19H19N3O2S/c1-13-4-6-14(7-5-13)15-11-25-18-17(15)20-12-22(19(18)24)10-16(23)21-8-2-3-9-21/h4-7,11-12H,2-3,8-10H2,1H3. The molecule has 6 heteroatoms. The molecule has 128 valence electrons. The van der Waals surface area contributed by atoms with Gasteiger partial charge in [-0.25, -0.2) is 4.98 Å². The molecule has 1 saturated heterocycles. The summed E-state index contributed by atoms with van der Waals surface area (Å²) in [7, 11) is 0. The van der Waals surface area contributed by atoms with E-state index in [1.165, 1.54) is 27.8 Å². The zero-order valence-corrected chi connectivity index (χ0v) is 14.9. The first-order valence-electron chi connectivity index (χ1n) is 8.45. The van der Waals surface area contributed by atoms with E-state index in [9.17, 15) is 9.59 Å². The Bertz CT molecular complexity index is 982. The Balaban J connectivity index is 1.68. The fourth-order valence-electron chi connectivity index (χ4n) is 3.20. The number of benzene rings is 1. The van der Waals surface area contributed by atoms with Gasteiger partial charge in [0.1, 0.15) is 11.2 Å². The number of nitrogens with zero attached hydrogens (tertiary/aromatic N) is 3. The molecule has 0 unspecified atom stereocenters. The number of amides is 1. The van der Waals surface area contributed by atoms with Crippen molar-refractivity contribution < 1.29 is 4.79 Å². The minimum atomic E-state index is -0.138. The molecular weight excluding hydrogens is 334 g/mol. The smallest absolute Gasteiger partial charge is 0.271 e. The van der Waals surface area contributed by atoms with Crippen LogP contribution in [-0.2, 0) is 11.3 Å². The minimum Gasteiger partial charge on any atom is -0.341 e. The van der Waals surface area contributed by atoms with Gasteiger partial charge in [-0.1, -0.05) is 29.8 Å². The van der Waals surface area contributed by atoms with Crippen molar-refractivity contribution in [1.82, 2.24) is 14.5 Å². The summed E-state index contributed by atoms with van der Waals surface area (Å²) in [5.41, 5.74) is 3.79. The molecule has 0 aliphatic carbocycles. The third kappa shape index (κ3) is 2.98. The van der Waals surface area contributed by atoms with Crippen LogP contribution in [0.4, 0.5) is 0 Å². The quantitative estimate of drug-likeness (QED) is 0.727. The van der Waals surface area contributed by atoms with Gasteiger partial charge in [0, 0.05) is 24.0 Å². The largest absolute Gasteiger partial charge is 0.341 e. The van der Waals surface area contributed by atoms with E-state index in [0.717, 1.165) is 37.1 Å². The van der Waals surface area contributed by atoms with Gasteiger partial charge >= 0.3 is 0 Å². The van der Waals surface area contributed by atoms with E-state index < -0.39 is 0 Å². The monoisotopic (exact) mass is 353 g/mol. The number of carbonyl (C=O) groups is 1. The number of rotatable bonds is 3. The van der Waals surface area contributed by atoms with E-state index in [0.29, 0.717) is 10.2 Å². The van der Waals surface area contributed by atoms with Crippen molar-refractivity contribution in [3.05, 3.63) is 51.9 Å². The Morgan fingerprint density at radius 3 is 2.64 bits per heavy atom. The number of thiophene rings is 1. The van der Waals surface area contributed by atoms with Gasteiger partial charge in [0.2, 0.25) is 5.91 Å². The van der Waals surface area contributed by atoms with Gasteiger partial charge in [-0.05, 0) is 25.3 Å². The third-order valence-corrected chi connectivity index (χ3v) is 5.63. The maximum Gasteiger partial charge on any atom is 0.271 e. The summed E-state index contributed by atoms with van der Waals surface area (Å²) in [5, 5.41) is 1.97. The van der Waals surface area contributed by atoms with Gasteiger partial charge in [-0.15, -0.1) is 11.3 Å². The molecule has 1 amide bonds. The highest BCUT2D eigenvalue weighted by molar-refractivity contribution is 7.17. The first kappa shape index (κ1) is 16.0. The Morgan fingerprint density at radius 1 is 1.20 bits per heavy atom. The van der Waals surface area contributed by atoms with Crippen LogP contribution in [0, 0.1) is 6.92 Å². The van der Waals surface area contributed by atoms with E-state index in [2.05, 4.69) is 17.1 Å². The molecule has 3 aromatic rings. The van der Waals surface area contributed by atoms with Crippen LogP contribution in [-0.4, -0.2) is 33.4 Å². The average molecular weight is 353 g/mol. The van der Waals surface area contributed by atoms with E-state index in [1.54, 1.807) is 0 Å². The second kappa shape index (κ2) is 6.44. The van der Waals surface area contributed by atoms with Gasteiger partial charge in [-0.3, -0.25) is 14.2 Å². The van der Waals surface area contributed by atoms with E-state index in [4.69, 9.17) is 0 Å². The lowest BCUT2D eigenvalue weighted by atomic mass is 10.1. The number of aryl methyl sites for hydroxylation is 1.